The Morgan fingerprint density at radius 2 is 2.30 bits per heavy atom. The highest BCUT2D eigenvalue weighted by atomic mass is 32.2. The van der Waals surface area contributed by atoms with Crippen LogP contribution < -0.4 is 5.43 Å². The smallest absolute Gasteiger partial charge is 0.213 e. The molecular formula is C16H19N7O3S. The highest BCUT2D eigenvalue weighted by Gasteiger charge is 2.47. The highest BCUT2D eigenvalue weighted by molar-refractivity contribution is 7.89. The van der Waals surface area contributed by atoms with E-state index in [1.54, 1.807) is 19.2 Å². The lowest BCUT2D eigenvalue weighted by molar-refractivity contribution is -0.107. The normalized spacial score (nSPS) is 18.1. The van der Waals surface area contributed by atoms with Crippen molar-refractivity contribution < 1.29 is 13.2 Å². The van der Waals surface area contributed by atoms with Gasteiger partial charge >= 0.3 is 0 Å². The lowest BCUT2D eigenvalue weighted by Crippen LogP contribution is -2.69. The summed E-state index contributed by atoms with van der Waals surface area (Å²) in [6.07, 6.45) is 5.28. The van der Waals surface area contributed by atoms with Gasteiger partial charge in [-0.1, -0.05) is 0 Å². The minimum Gasteiger partial charge on any atom is -0.346 e. The largest absolute Gasteiger partial charge is 0.346 e. The van der Waals surface area contributed by atoms with Gasteiger partial charge in [0.25, 0.3) is 0 Å². The third kappa shape index (κ3) is 3.67. The maximum Gasteiger partial charge on any atom is 0.213 e. The summed E-state index contributed by atoms with van der Waals surface area (Å²) in [7, 11) is -3.30. The predicted octanol–water partition coefficient (Wildman–Crippen LogP) is 0.134. The summed E-state index contributed by atoms with van der Waals surface area (Å²) >= 11 is 0. The lowest BCUT2D eigenvalue weighted by atomic mass is 9.90. The van der Waals surface area contributed by atoms with Crippen LogP contribution >= 0.6 is 0 Å². The zero-order valence-electron chi connectivity index (χ0n) is 14.7. The fraction of sp³-hybridized carbons (Fsp3) is 0.438. The molecule has 1 atom stereocenters. The van der Waals surface area contributed by atoms with Crippen LogP contribution in [0.5, 0.6) is 0 Å². The van der Waals surface area contributed by atoms with E-state index < -0.39 is 21.5 Å². The summed E-state index contributed by atoms with van der Waals surface area (Å²) in [5, 5.41) is 13.9. The summed E-state index contributed by atoms with van der Waals surface area (Å²) in [5.74, 6) is -0.694. The Balaban J connectivity index is 1.73. The van der Waals surface area contributed by atoms with Crippen LogP contribution in [-0.4, -0.2) is 64.6 Å². The molecular weight excluding hydrogens is 370 g/mol. The lowest BCUT2D eigenvalue weighted by Gasteiger charge is -2.47. The number of aromatic amines is 1. The summed E-state index contributed by atoms with van der Waals surface area (Å²) in [5.41, 5.74) is 3.25. The average molecular weight is 389 g/mol. The van der Waals surface area contributed by atoms with E-state index in [1.165, 1.54) is 16.8 Å². The molecule has 1 unspecified atom stereocenters. The number of rotatable bonds is 8. The molecule has 1 saturated heterocycles. The fourth-order valence-corrected chi connectivity index (χ4v) is 4.22. The van der Waals surface area contributed by atoms with Gasteiger partial charge in [0.2, 0.25) is 10.0 Å². The molecule has 11 heteroatoms. The molecule has 0 amide bonds. The number of fused-ring (bicyclic) bond motifs is 1. The fourth-order valence-electron chi connectivity index (χ4n) is 2.96. The maximum absolute atomic E-state index is 11.9. The molecule has 1 aliphatic heterocycles. The van der Waals surface area contributed by atoms with Crippen molar-refractivity contribution >= 4 is 33.6 Å². The van der Waals surface area contributed by atoms with Gasteiger partial charge in [-0.05, 0) is 13.0 Å². The average Bonchev–Trinajstić information content (AvgIpc) is 3.11. The zero-order chi connectivity index (χ0) is 19.5. The quantitative estimate of drug-likeness (QED) is 0.371. The topological polar surface area (TPSA) is 144 Å². The molecule has 1 fully saturated rings. The van der Waals surface area contributed by atoms with Crippen molar-refractivity contribution in [3.05, 3.63) is 24.3 Å². The summed E-state index contributed by atoms with van der Waals surface area (Å²) < 4.78 is 25.1. The Morgan fingerprint density at radius 3 is 2.96 bits per heavy atom. The van der Waals surface area contributed by atoms with Gasteiger partial charge in [-0.2, -0.15) is 14.7 Å². The number of aromatic nitrogens is 3. The number of sulfonamides is 1. The number of nitrogens with zero attached hydrogens (tertiary/aromatic N) is 5. The Kier molecular flexibility index (Phi) is 5.20. The van der Waals surface area contributed by atoms with Gasteiger partial charge in [0, 0.05) is 30.9 Å². The molecule has 27 heavy (non-hydrogen) atoms. The van der Waals surface area contributed by atoms with Gasteiger partial charge in [-0.3, -0.25) is 0 Å². The van der Waals surface area contributed by atoms with Crippen LogP contribution in [0.25, 0.3) is 11.0 Å². The van der Waals surface area contributed by atoms with Crippen LogP contribution in [0.3, 0.4) is 0 Å². The number of nitriles is 1. The maximum atomic E-state index is 11.9. The van der Waals surface area contributed by atoms with E-state index in [1.807, 2.05) is 0 Å². The Labute approximate surface area is 156 Å². The number of aldehydes is 1. The van der Waals surface area contributed by atoms with Crippen molar-refractivity contribution in [2.75, 3.05) is 18.8 Å². The second kappa shape index (κ2) is 7.42. The minimum absolute atomic E-state index is 0.00644. The second-order valence-corrected chi connectivity index (χ2v) is 8.59. The third-order valence-corrected chi connectivity index (χ3v) is 6.29. The standard InChI is InChI=1S/C16H19N7O3S/c1-2-27(25,26)23-9-16(10-23,4-5-17)22-21-7-12(8-24)14-13-3-6-18-15(13)20-11-19-14/h3,6-8,11-12,22H,2,4,9-10H2,1H3,(H,18,19,20)/b21-7-. The van der Waals surface area contributed by atoms with E-state index in [0.717, 1.165) is 5.39 Å². The molecule has 0 aromatic carbocycles. The number of hydrogen-bond acceptors (Lipinski definition) is 8. The number of hydrogen-bond donors (Lipinski definition) is 2. The highest BCUT2D eigenvalue weighted by Crippen LogP contribution is 2.27. The molecule has 0 saturated carbocycles. The van der Waals surface area contributed by atoms with Crippen LogP contribution in [0.15, 0.2) is 23.7 Å². The van der Waals surface area contributed by atoms with Crippen LogP contribution in [-0.2, 0) is 14.8 Å². The number of hydrazone groups is 1. The number of carbonyl (C=O) groups is 1. The van der Waals surface area contributed by atoms with Crippen molar-refractivity contribution in [2.45, 2.75) is 24.8 Å². The number of H-pyrrole nitrogens is 1. The summed E-state index contributed by atoms with van der Waals surface area (Å²) in [6, 6.07) is 3.83. The molecule has 0 aliphatic carbocycles. The van der Waals surface area contributed by atoms with Crippen LogP contribution in [0.2, 0.25) is 0 Å². The minimum atomic E-state index is -3.30. The monoisotopic (exact) mass is 389 g/mol. The molecule has 2 N–H and O–H groups in total. The first-order chi connectivity index (χ1) is 12.9. The molecule has 3 heterocycles. The molecule has 10 nitrogen and oxygen atoms in total. The SMILES string of the molecule is CCS(=O)(=O)N1CC(CC#N)(N/N=C\C(C=O)c2ncnc3[nH]ccc23)C1. The van der Waals surface area contributed by atoms with Crippen LogP contribution in [0.4, 0.5) is 0 Å². The van der Waals surface area contributed by atoms with E-state index in [2.05, 4.69) is 31.5 Å². The molecule has 0 spiro atoms. The predicted molar refractivity (Wildman–Crippen MR) is 98.3 cm³/mol. The van der Waals surface area contributed by atoms with Gasteiger partial charge in [0.15, 0.2) is 0 Å². The Hall–Kier alpha value is -2.84. The molecule has 142 valence electrons. The summed E-state index contributed by atoms with van der Waals surface area (Å²) in [6.45, 7) is 1.90. The molecule has 0 bridgehead atoms. The molecule has 2 aromatic heterocycles. The van der Waals surface area contributed by atoms with Crippen molar-refractivity contribution in [2.24, 2.45) is 5.10 Å². The van der Waals surface area contributed by atoms with E-state index in [4.69, 9.17) is 5.26 Å². The molecule has 0 radical (unpaired) electrons. The van der Waals surface area contributed by atoms with Crippen molar-refractivity contribution in [1.29, 1.82) is 5.26 Å². The molecule has 3 rings (SSSR count). The van der Waals surface area contributed by atoms with E-state index >= 15 is 0 Å². The number of nitrogens with one attached hydrogen (secondary N) is 2. The van der Waals surface area contributed by atoms with Gasteiger partial charge in [-0.15, -0.1) is 0 Å². The van der Waals surface area contributed by atoms with E-state index in [9.17, 15) is 13.2 Å². The van der Waals surface area contributed by atoms with Gasteiger partial charge in [0.05, 0.1) is 35.4 Å². The second-order valence-electron chi connectivity index (χ2n) is 6.33. The van der Waals surface area contributed by atoms with Gasteiger partial charge in [0.1, 0.15) is 18.3 Å². The van der Waals surface area contributed by atoms with E-state index in [-0.39, 0.29) is 25.3 Å². The molecule has 1 aliphatic rings. The first-order valence-corrected chi connectivity index (χ1v) is 9.94. The Morgan fingerprint density at radius 1 is 1.52 bits per heavy atom. The van der Waals surface area contributed by atoms with Crippen molar-refractivity contribution in [3.8, 4) is 6.07 Å². The third-order valence-electron chi connectivity index (χ3n) is 4.52. The number of carbonyl (C=O) groups excluding carboxylic acids is 1. The first kappa shape index (κ1) is 18.9. The van der Waals surface area contributed by atoms with E-state index in [0.29, 0.717) is 17.6 Å². The Bertz CT molecular complexity index is 1000. The van der Waals surface area contributed by atoms with Gasteiger partial charge < -0.3 is 15.2 Å². The molecule has 2 aromatic rings. The van der Waals surface area contributed by atoms with Gasteiger partial charge in [-0.25, -0.2) is 18.4 Å². The zero-order valence-corrected chi connectivity index (χ0v) is 15.5. The van der Waals surface area contributed by atoms with Crippen LogP contribution in [0, 0.1) is 11.3 Å². The van der Waals surface area contributed by atoms with Crippen LogP contribution in [0.1, 0.15) is 25.0 Å². The first-order valence-electron chi connectivity index (χ1n) is 8.33. The van der Waals surface area contributed by atoms with Crippen molar-refractivity contribution in [1.82, 2.24) is 24.7 Å². The van der Waals surface area contributed by atoms with Crippen molar-refractivity contribution in [3.63, 3.8) is 0 Å². The summed E-state index contributed by atoms with van der Waals surface area (Å²) in [4.78, 5) is 22.7.